The Morgan fingerprint density at radius 3 is 2.56 bits per heavy atom. The minimum Gasteiger partial charge on any atom is -0.480 e. The van der Waals surface area contributed by atoms with E-state index in [-0.39, 0.29) is 18.1 Å². The highest BCUT2D eigenvalue weighted by Crippen LogP contribution is 2.06. The predicted octanol–water partition coefficient (Wildman–Crippen LogP) is -0.0428. The van der Waals surface area contributed by atoms with Crippen molar-refractivity contribution in [2.45, 2.75) is 31.1 Å². The van der Waals surface area contributed by atoms with E-state index in [1.165, 1.54) is 11.8 Å². The third-order valence-corrected chi connectivity index (χ3v) is 3.14. The Morgan fingerprint density at radius 1 is 1.50 bits per heavy atom. The van der Waals surface area contributed by atoms with Gasteiger partial charge in [-0.3, -0.25) is 9.59 Å². The van der Waals surface area contributed by atoms with Gasteiger partial charge < -0.3 is 16.0 Å². The molecule has 0 fully saturated rings. The zero-order valence-corrected chi connectivity index (χ0v) is 10.9. The van der Waals surface area contributed by atoms with Gasteiger partial charge in [-0.1, -0.05) is 0 Å². The van der Waals surface area contributed by atoms with Gasteiger partial charge in [-0.2, -0.15) is 16.6 Å². The summed E-state index contributed by atoms with van der Waals surface area (Å²) in [5, 5.41) is 10.9. The van der Waals surface area contributed by atoms with Crippen molar-refractivity contribution in [3.05, 3.63) is 5.53 Å². The lowest BCUT2D eigenvalue weighted by Gasteiger charge is -2.15. The molecule has 0 aliphatic carbocycles. The molecule has 18 heavy (non-hydrogen) atoms. The van der Waals surface area contributed by atoms with Crippen molar-refractivity contribution < 1.29 is 24.3 Å². The monoisotopic (exact) mass is 273 g/mol. The van der Waals surface area contributed by atoms with Gasteiger partial charge in [0.2, 0.25) is 11.7 Å². The molecule has 0 saturated heterocycles. The van der Waals surface area contributed by atoms with Crippen LogP contribution in [0.2, 0.25) is 0 Å². The van der Waals surface area contributed by atoms with E-state index in [2.05, 4.69) is 10.1 Å². The van der Waals surface area contributed by atoms with Crippen molar-refractivity contribution in [3.63, 3.8) is 0 Å². The van der Waals surface area contributed by atoms with E-state index in [0.717, 1.165) is 0 Å². The van der Waals surface area contributed by atoms with Crippen LogP contribution in [-0.2, 0) is 14.4 Å². The third kappa shape index (κ3) is 6.17. The molecule has 0 radical (unpaired) electrons. The highest BCUT2D eigenvalue weighted by Gasteiger charge is 2.23. The quantitative estimate of drug-likeness (QED) is 0.365. The molecule has 0 spiro atoms. The highest BCUT2D eigenvalue weighted by molar-refractivity contribution is 7.99. The molecular weight excluding hydrogens is 258 g/mol. The Labute approximate surface area is 109 Å². The van der Waals surface area contributed by atoms with Crippen LogP contribution in [0, 0.1) is 0 Å². The number of carboxylic acids is 1. The molecule has 0 heterocycles. The lowest BCUT2D eigenvalue weighted by atomic mass is 10.1. The standard InChI is InChI=1S/C10H15N3O4S/c1-6(18-2)9(15)13-8(10(16)17)4-3-7(14)5-12-11/h5-6,8H,3-4H2,1-2H3,(H,13,15)(H,16,17)/t6-,8-/m0/s1. The Balaban J connectivity index is 4.41. The molecular formula is C10H15N3O4S. The topological polar surface area (TPSA) is 120 Å². The highest BCUT2D eigenvalue weighted by atomic mass is 32.2. The molecule has 7 nitrogen and oxygen atoms in total. The number of hydrogen-bond donors (Lipinski definition) is 2. The van der Waals surface area contributed by atoms with Gasteiger partial charge in [0.15, 0.2) is 0 Å². The number of ketones is 1. The van der Waals surface area contributed by atoms with E-state index >= 15 is 0 Å². The van der Waals surface area contributed by atoms with Crippen LogP contribution in [0.15, 0.2) is 0 Å². The first-order valence-corrected chi connectivity index (χ1v) is 6.47. The maximum Gasteiger partial charge on any atom is 0.326 e. The fourth-order valence-corrected chi connectivity index (χ4v) is 1.35. The van der Waals surface area contributed by atoms with Crippen molar-refractivity contribution >= 4 is 35.6 Å². The number of nitrogens with zero attached hydrogens (tertiary/aromatic N) is 2. The van der Waals surface area contributed by atoms with Crippen LogP contribution in [0.4, 0.5) is 0 Å². The van der Waals surface area contributed by atoms with E-state index in [0.29, 0.717) is 6.21 Å². The van der Waals surface area contributed by atoms with E-state index in [1.807, 2.05) is 0 Å². The number of thioether (sulfide) groups is 1. The van der Waals surface area contributed by atoms with Crippen molar-refractivity contribution in [2.24, 2.45) is 0 Å². The van der Waals surface area contributed by atoms with E-state index in [9.17, 15) is 14.4 Å². The van der Waals surface area contributed by atoms with Crippen LogP contribution in [0.3, 0.4) is 0 Å². The zero-order chi connectivity index (χ0) is 14.1. The first kappa shape index (κ1) is 16.3. The number of rotatable bonds is 8. The van der Waals surface area contributed by atoms with Crippen LogP contribution >= 0.6 is 11.8 Å². The number of Topliss-reactive ketones (excluding diaryl/α,β-unsaturated/α-hetero) is 1. The molecule has 100 valence electrons. The van der Waals surface area contributed by atoms with Gasteiger partial charge in [0, 0.05) is 6.42 Å². The Kier molecular flexibility index (Phi) is 7.66. The maximum atomic E-state index is 11.5. The van der Waals surface area contributed by atoms with Crippen LogP contribution < -0.4 is 5.32 Å². The summed E-state index contributed by atoms with van der Waals surface area (Å²) < 4.78 is 0. The SMILES string of the molecule is CS[C@@H](C)C(=O)N[C@@H](CCC(=O)C=[N+]=[N-])C(=O)O. The van der Waals surface area contributed by atoms with Crippen molar-refractivity contribution in [1.82, 2.24) is 5.32 Å². The molecule has 0 bridgehead atoms. The second kappa shape index (κ2) is 8.43. The van der Waals surface area contributed by atoms with Gasteiger partial charge in [-0.25, -0.2) is 4.79 Å². The minimum atomic E-state index is -1.20. The largest absolute Gasteiger partial charge is 0.480 e. The number of aliphatic carboxylic acids is 1. The van der Waals surface area contributed by atoms with Crippen LogP contribution in [-0.4, -0.2) is 51.3 Å². The molecule has 0 aliphatic rings. The summed E-state index contributed by atoms with van der Waals surface area (Å²) in [5.74, 6) is -2.10. The molecule has 0 aromatic heterocycles. The minimum absolute atomic E-state index is 0.0486. The van der Waals surface area contributed by atoms with Gasteiger partial charge in [0.1, 0.15) is 6.04 Å². The second-order valence-corrected chi connectivity index (χ2v) is 4.71. The molecule has 0 rings (SSSR count). The van der Waals surface area contributed by atoms with E-state index in [1.54, 1.807) is 13.2 Å². The molecule has 0 unspecified atom stereocenters. The van der Waals surface area contributed by atoms with Crippen molar-refractivity contribution in [1.29, 1.82) is 0 Å². The number of nitrogens with one attached hydrogen (secondary N) is 1. The van der Waals surface area contributed by atoms with Crippen molar-refractivity contribution in [2.75, 3.05) is 6.26 Å². The first-order valence-electron chi connectivity index (χ1n) is 5.18. The smallest absolute Gasteiger partial charge is 0.326 e. The summed E-state index contributed by atoms with van der Waals surface area (Å²) in [5.41, 5.74) is 8.12. The molecule has 0 aromatic rings. The van der Waals surface area contributed by atoms with Crippen LogP contribution in [0.1, 0.15) is 19.8 Å². The Hall–Kier alpha value is -1.66. The Morgan fingerprint density at radius 2 is 2.11 bits per heavy atom. The Bertz CT molecular complexity index is 379. The van der Waals surface area contributed by atoms with Gasteiger partial charge in [0.25, 0.3) is 0 Å². The summed E-state index contributed by atoms with van der Waals surface area (Å²) in [6.07, 6.45) is 2.27. The fourth-order valence-electron chi connectivity index (χ4n) is 1.07. The average molecular weight is 273 g/mol. The molecule has 0 aliphatic heterocycles. The van der Waals surface area contributed by atoms with Crippen LogP contribution in [0.5, 0.6) is 0 Å². The van der Waals surface area contributed by atoms with Crippen molar-refractivity contribution in [3.8, 4) is 0 Å². The molecule has 0 aromatic carbocycles. The normalized spacial score (nSPS) is 13.0. The summed E-state index contributed by atoms with van der Waals surface area (Å²) in [6, 6.07) is -1.12. The van der Waals surface area contributed by atoms with Crippen LogP contribution in [0.25, 0.3) is 5.53 Å². The zero-order valence-electron chi connectivity index (χ0n) is 10.1. The lowest BCUT2D eigenvalue weighted by Crippen LogP contribution is -2.44. The summed E-state index contributed by atoms with van der Waals surface area (Å²) in [4.78, 5) is 36.0. The number of carbonyl (C=O) groups excluding carboxylic acids is 2. The van der Waals surface area contributed by atoms with E-state index < -0.39 is 23.7 Å². The molecule has 8 heteroatoms. The maximum absolute atomic E-state index is 11.5. The lowest BCUT2D eigenvalue weighted by molar-refractivity contribution is -0.142. The average Bonchev–Trinajstić information content (AvgIpc) is 2.32. The van der Waals surface area contributed by atoms with Gasteiger partial charge in [-0.05, 0) is 19.6 Å². The number of carbonyl (C=O) groups is 3. The number of amides is 1. The summed E-state index contributed by atoms with van der Waals surface area (Å²) in [7, 11) is 0. The molecule has 2 atom stereocenters. The summed E-state index contributed by atoms with van der Waals surface area (Å²) in [6.45, 7) is 1.66. The third-order valence-electron chi connectivity index (χ3n) is 2.22. The molecule has 2 N–H and O–H groups in total. The number of carboxylic acid groups (broad SMARTS) is 1. The molecule has 0 saturated carbocycles. The second-order valence-electron chi connectivity index (χ2n) is 3.53. The predicted molar refractivity (Wildman–Crippen MR) is 66.5 cm³/mol. The van der Waals surface area contributed by atoms with E-state index in [4.69, 9.17) is 10.6 Å². The first-order chi connectivity index (χ1) is 8.42. The van der Waals surface area contributed by atoms with Gasteiger partial charge >= 0.3 is 12.2 Å². The van der Waals surface area contributed by atoms with Gasteiger partial charge in [0.05, 0.1) is 5.25 Å². The van der Waals surface area contributed by atoms with Gasteiger partial charge in [-0.15, -0.1) is 0 Å². The molecule has 1 amide bonds. The summed E-state index contributed by atoms with van der Waals surface area (Å²) >= 11 is 1.29. The fraction of sp³-hybridized carbons (Fsp3) is 0.600. The number of hydrogen-bond acceptors (Lipinski definition) is 4.